The Hall–Kier alpha value is -6.55. The molecule has 0 aromatic heterocycles. The van der Waals surface area contributed by atoms with Crippen LogP contribution >= 0.6 is 0 Å². The molecule has 0 aliphatic carbocycles. The van der Waals surface area contributed by atoms with E-state index in [4.69, 9.17) is 34.4 Å². The van der Waals surface area contributed by atoms with Gasteiger partial charge in [-0.15, -0.1) is 0 Å². The summed E-state index contributed by atoms with van der Waals surface area (Å²) in [5.74, 6) is -8.06. The molecule has 2 heterocycles. The summed E-state index contributed by atoms with van der Waals surface area (Å²) in [6.07, 6.45) is 2.39. The Morgan fingerprint density at radius 1 is 0.597 bits per heavy atom. The number of hydrogen-bond acceptors (Lipinski definition) is 14. The molecule has 0 unspecified atom stereocenters. The Kier molecular flexibility index (Phi) is 24.6. The van der Waals surface area contributed by atoms with Crippen molar-refractivity contribution in [1.82, 2.24) is 42.1 Å². The van der Waals surface area contributed by atoms with Gasteiger partial charge in [-0.2, -0.15) is 0 Å². The van der Waals surface area contributed by atoms with E-state index in [1.165, 1.54) is 4.90 Å². The molecule has 22 N–H and O–H groups in total. The number of aliphatic hydroxyl groups is 2. The van der Waals surface area contributed by atoms with Crippen molar-refractivity contribution in [2.75, 3.05) is 45.9 Å². The van der Waals surface area contributed by atoms with Crippen LogP contribution in [-0.2, 0) is 38.4 Å². The number of guanidine groups is 3. The Balaban J connectivity index is 2.23. The van der Waals surface area contributed by atoms with Gasteiger partial charge in [0.25, 0.3) is 0 Å². The molecule has 0 spiro atoms. The molecule has 0 saturated carbocycles. The number of amides is 7. The van der Waals surface area contributed by atoms with E-state index in [-0.39, 0.29) is 89.0 Å². The molecule has 67 heavy (non-hydrogen) atoms. The van der Waals surface area contributed by atoms with Crippen molar-refractivity contribution in [2.45, 2.75) is 126 Å². The normalized spacial score (nSPS) is 18.1. The van der Waals surface area contributed by atoms with Gasteiger partial charge in [-0.25, -0.2) is 4.79 Å². The highest BCUT2D eigenvalue weighted by atomic mass is 16.4. The Bertz CT molecular complexity index is 1780. The van der Waals surface area contributed by atoms with Crippen molar-refractivity contribution in [2.24, 2.45) is 55.3 Å². The maximum atomic E-state index is 14.2. The van der Waals surface area contributed by atoms with Crippen LogP contribution in [0.15, 0.2) is 15.0 Å². The van der Waals surface area contributed by atoms with Gasteiger partial charge in [0.05, 0.1) is 19.3 Å². The van der Waals surface area contributed by atoms with Gasteiger partial charge in [0.1, 0.15) is 42.3 Å². The van der Waals surface area contributed by atoms with E-state index in [0.29, 0.717) is 19.4 Å². The number of aliphatic carboxylic acids is 1. The van der Waals surface area contributed by atoms with Gasteiger partial charge in [-0.3, -0.25) is 48.5 Å². The van der Waals surface area contributed by atoms with Crippen molar-refractivity contribution in [3.05, 3.63) is 0 Å². The summed E-state index contributed by atoms with van der Waals surface area (Å²) in [4.78, 5) is 120. The lowest BCUT2D eigenvalue weighted by Gasteiger charge is -2.31. The van der Waals surface area contributed by atoms with E-state index in [9.17, 15) is 53.7 Å². The van der Waals surface area contributed by atoms with Gasteiger partial charge in [0.15, 0.2) is 17.9 Å². The number of carbonyl (C=O) groups is 8. The number of aliphatic imine (C=N–C) groups is 3. The lowest BCUT2D eigenvalue weighted by molar-refractivity contribution is -0.144. The zero-order valence-electron chi connectivity index (χ0n) is 38.1. The summed E-state index contributed by atoms with van der Waals surface area (Å²) in [6, 6.07) is -10.1. The van der Waals surface area contributed by atoms with Crippen LogP contribution in [-0.4, -0.2) is 180 Å². The second kappa shape index (κ2) is 29.2. The molecule has 378 valence electrons. The Morgan fingerprint density at radius 2 is 1.06 bits per heavy atom. The molecule has 0 bridgehead atoms. The minimum Gasteiger partial charge on any atom is -0.480 e. The number of aliphatic hydroxyl groups excluding tert-OH is 2. The standard InChI is InChI=1S/C39H71N17O11/c1-20(2)28(34(64)52-24(36(66)67)11-6-16-49-39(44)45)55-33(63)27-12-7-17-56(27)35(65)23(10-5-15-48-38(42)43)51-31(61)25(18-57)54-32(62)26(19-58)53-30(60)22(9-4-14-47-37(40)41)50-29(59)21-8-3-13-46-21/h20-28,46,57-58H,3-19H2,1-2H3,(H,50,59)(H,51,61)(H,52,64)(H,53,60)(H,54,62)(H,55,63)(H,66,67)(H4,40,41,47)(H4,42,43,48)(H4,44,45,49)/t21-,22-,23-,24-,25-,26-,27-,28-/m0/s1. The molecular formula is C39H71N17O11. The lowest BCUT2D eigenvalue weighted by Crippen LogP contribution is -2.61. The summed E-state index contributed by atoms with van der Waals surface area (Å²) in [5, 5.41) is 48.0. The van der Waals surface area contributed by atoms with E-state index < -0.39 is 115 Å². The largest absolute Gasteiger partial charge is 0.480 e. The molecule has 2 fully saturated rings. The van der Waals surface area contributed by atoms with Crippen molar-refractivity contribution in [3.63, 3.8) is 0 Å². The SMILES string of the molecule is CC(C)[C@H](NC(=O)[C@@H]1CCCN1C(=O)[C@H](CCCN=C(N)N)NC(=O)[C@H](CO)NC(=O)[C@H](CO)NC(=O)[C@H](CCCN=C(N)N)NC(=O)[C@@H]1CCCN1)C(=O)N[C@@H](CCCN=C(N)N)C(=O)O. The van der Waals surface area contributed by atoms with E-state index >= 15 is 0 Å². The zero-order chi connectivity index (χ0) is 50.2. The maximum Gasteiger partial charge on any atom is 0.326 e. The number of hydrogen-bond donors (Lipinski definition) is 16. The van der Waals surface area contributed by atoms with E-state index in [1.54, 1.807) is 13.8 Å². The number of carboxylic acids is 1. The van der Waals surface area contributed by atoms with Crippen LogP contribution in [0.2, 0.25) is 0 Å². The fraction of sp³-hybridized carbons (Fsp3) is 0.718. The lowest BCUT2D eigenvalue weighted by atomic mass is 10.0. The Labute approximate surface area is 388 Å². The monoisotopic (exact) mass is 954 g/mol. The van der Waals surface area contributed by atoms with Crippen LogP contribution in [0.4, 0.5) is 0 Å². The van der Waals surface area contributed by atoms with Crippen molar-refractivity contribution in [1.29, 1.82) is 0 Å². The number of nitrogens with two attached hydrogens (primary N) is 6. The van der Waals surface area contributed by atoms with Crippen LogP contribution in [0.5, 0.6) is 0 Å². The minimum absolute atomic E-state index is 0.0132. The third-order valence-corrected chi connectivity index (χ3v) is 10.8. The fourth-order valence-corrected chi connectivity index (χ4v) is 7.23. The average Bonchev–Trinajstić information content (AvgIpc) is 4.00. The quantitative estimate of drug-likeness (QED) is 0.0188. The predicted molar refractivity (Wildman–Crippen MR) is 244 cm³/mol. The highest BCUT2D eigenvalue weighted by Gasteiger charge is 2.40. The summed E-state index contributed by atoms with van der Waals surface area (Å²) >= 11 is 0. The van der Waals surface area contributed by atoms with Gasteiger partial charge in [-0.05, 0) is 76.7 Å². The predicted octanol–water partition coefficient (Wildman–Crippen LogP) is -7.48. The fourth-order valence-electron chi connectivity index (χ4n) is 7.23. The van der Waals surface area contributed by atoms with Gasteiger partial charge in [0, 0.05) is 26.2 Å². The first-order chi connectivity index (χ1) is 31.7. The zero-order valence-corrected chi connectivity index (χ0v) is 38.1. The first-order valence-electron chi connectivity index (χ1n) is 22.2. The number of likely N-dealkylation sites (tertiary alicyclic amines) is 1. The second-order valence-electron chi connectivity index (χ2n) is 16.4. The molecule has 7 amide bonds. The third kappa shape index (κ3) is 19.8. The number of nitrogens with one attached hydrogen (secondary N) is 7. The topological polar surface area (TPSA) is 478 Å². The first-order valence-corrected chi connectivity index (χ1v) is 22.2. The third-order valence-electron chi connectivity index (χ3n) is 10.8. The van der Waals surface area contributed by atoms with Gasteiger partial charge >= 0.3 is 5.97 Å². The molecule has 2 aliphatic rings. The molecule has 0 aromatic rings. The van der Waals surface area contributed by atoms with E-state index in [0.717, 1.165) is 6.42 Å². The van der Waals surface area contributed by atoms with Crippen LogP contribution in [0.3, 0.4) is 0 Å². The molecular weight excluding hydrogens is 883 g/mol. The smallest absolute Gasteiger partial charge is 0.326 e. The van der Waals surface area contributed by atoms with Crippen LogP contribution in [0.1, 0.15) is 78.1 Å². The average molecular weight is 954 g/mol. The minimum atomic E-state index is -1.72. The van der Waals surface area contributed by atoms with Crippen molar-refractivity contribution in [3.8, 4) is 0 Å². The number of carbonyl (C=O) groups excluding carboxylic acids is 7. The van der Waals surface area contributed by atoms with Gasteiger partial charge in [0.2, 0.25) is 41.4 Å². The summed E-state index contributed by atoms with van der Waals surface area (Å²) < 4.78 is 0. The molecule has 2 aliphatic heterocycles. The van der Waals surface area contributed by atoms with Crippen LogP contribution in [0, 0.1) is 5.92 Å². The van der Waals surface area contributed by atoms with Crippen molar-refractivity contribution < 1.29 is 53.7 Å². The molecule has 8 atom stereocenters. The van der Waals surface area contributed by atoms with Crippen molar-refractivity contribution >= 4 is 65.2 Å². The van der Waals surface area contributed by atoms with Crippen LogP contribution in [0.25, 0.3) is 0 Å². The second-order valence-corrected chi connectivity index (χ2v) is 16.4. The maximum absolute atomic E-state index is 14.2. The van der Waals surface area contributed by atoms with Gasteiger partial charge < -0.3 is 91.8 Å². The van der Waals surface area contributed by atoms with E-state index in [1.807, 2.05) is 0 Å². The van der Waals surface area contributed by atoms with Crippen LogP contribution < -0.4 is 71.6 Å². The summed E-state index contributed by atoms with van der Waals surface area (Å²) in [6.45, 7) is 2.28. The highest BCUT2D eigenvalue weighted by molar-refractivity contribution is 5.98. The summed E-state index contributed by atoms with van der Waals surface area (Å²) in [5.41, 5.74) is 32.3. The molecule has 28 heteroatoms. The molecule has 0 aromatic carbocycles. The molecule has 28 nitrogen and oxygen atoms in total. The van der Waals surface area contributed by atoms with E-state index in [2.05, 4.69) is 52.2 Å². The number of nitrogens with zero attached hydrogens (tertiary/aromatic N) is 4. The highest BCUT2D eigenvalue weighted by Crippen LogP contribution is 2.21. The molecule has 2 saturated heterocycles. The number of rotatable bonds is 29. The molecule has 0 radical (unpaired) electrons. The molecule has 2 rings (SSSR count). The van der Waals surface area contributed by atoms with Gasteiger partial charge in [-0.1, -0.05) is 13.8 Å². The number of carboxylic acid groups (broad SMARTS) is 1. The first kappa shape index (κ1) is 56.6. The Morgan fingerprint density at radius 3 is 1.51 bits per heavy atom. The summed E-state index contributed by atoms with van der Waals surface area (Å²) in [7, 11) is 0.